The minimum atomic E-state index is -0.636. The van der Waals surface area contributed by atoms with E-state index < -0.39 is 35.4 Å². The van der Waals surface area contributed by atoms with E-state index in [1.54, 1.807) is 30.3 Å². The van der Waals surface area contributed by atoms with Crippen LogP contribution in [0.15, 0.2) is 65.6 Å². The molecule has 0 aliphatic carbocycles. The topological polar surface area (TPSA) is 102 Å². The maximum absolute atomic E-state index is 14.0. The first-order valence-corrected chi connectivity index (χ1v) is 14.4. The molecule has 0 radical (unpaired) electrons. The summed E-state index contributed by atoms with van der Waals surface area (Å²) in [4.78, 5) is 51.4. The molecule has 1 N–H and O–H groups in total. The number of amides is 3. The lowest BCUT2D eigenvalue weighted by Crippen LogP contribution is -2.36. The Labute approximate surface area is 255 Å². The van der Waals surface area contributed by atoms with Gasteiger partial charge in [0, 0.05) is 11.3 Å². The van der Waals surface area contributed by atoms with Gasteiger partial charge in [0.05, 0.1) is 27.1 Å². The van der Waals surface area contributed by atoms with Gasteiger partial charge in [-0.25, -0.2) is 9.18 Å². The summed E-state index contributed by atoms with van der Waals surface area (Å²) >= 11 is 12.9. The number of carbonyl (C=O) groups excluding carboxylic acids is 4. The van der Waals surface area contributed by atoms with Crippen molar-refractivity contribution in [3.8, 4) is 5.75 Å². The summed E-state index contributed by atoms with van der Waals surface area (Å²) in [6.07, 6.45) is 3.09. The van der Waals surface area contributed by atoms with E-state index in [2.05, 4.69) is 5.32 Å². The van der Waals surface area contributed by atoms with Gasteiger partial charge in [-0.2, -0.15) is 0 Å². The van der Waals surface area contributed by atoms with Crippen LogP contribution in [0.4, 0.5) is 14.9 Å². The van der Waals surface area contributed by atoms with Crippen molar-refractivity contribution in [1.29, 1.82) is 0 Å². The average molecular weight is 632 g/mol. The maximum atomic E-state index is 14.0. The van der Waals surface area contributed by atoms with Gasteiger partial charge in [0.2, 0.25) is 5.91 Å². The minimum absolute atomic E-state index is 0.0633. The molecule has 3 aromatic rings. The molecule has 3 amide bonds. The van der Waals surface area contributed by atoms with Gasteiger partial charge in [0.15, 0.2) is 0 Å². The lowest BCUT2D eigenvalue weighted by molar-refractivity contribution is -0.127. The summed E-state index contributed by atoms with van der Waals surface area (Å²) < 4.78 is 24.8. The Bertz CT molecular complexity index is 1530. The normalized spacial score (nSPS) is 13.9. The highest BCUT2D eigenvalue weighted by Crippen LogP contribution is 2.32. The molecule has 42 heavy (non-hydrogen) atoms. The molecular formula is C30H25Cl2FN2O6S. The summed E-state index contributed by atoms with van der Waals surface area (Å²) in [6.45, 7) is 1.63. The SMILES string of the molecule is CCCCOC(=O)c1cc(NC(=O)CN2C(=O)S/C(=C\c3ccc(OCc4c(F)cccc4Cl)cc3)C2=O)ccc1Cl. The first-order chi connectivity index (χ1) is 20.2. The van der Waals surface area contributed by atoms with Crippen LogP contribution in [0.2, 0.25) is 10.0 Å². The van der Waals surface area contributed by atoms with Crippen LogP contribution >= 0.6 is 35.0 Å². The number of esters is 1. The van der Waals surface area contributed by atoms with Crippen molar-refractivity contribution in [3.63, 3.8) is 0 Å². The summed E-state index contributed by atoms with van der Waals surface area (Å²) in [6, 6.07) is 15.3. The Morgan fingerprint density at radius 2 is 1.81 bits per heavy atom. The van der Waals surface area contributed by atoms with Gasteiger partial charge in [-0.05, 0) is 72.3 Å². The number of anilines is 1. The average Bonchev–Trinajstić information content (AvgIpc) is 3.21. The minimum Gasteiger partial charge on any atom is -0.489 e. The van der Waals surface area contributed by atoms with E-state index in [-0.39, 0.29) is 45.0 Å². The van der Waals surface area contributed by atoms with Crippen LogP contribution in [0.3, 0.4) is 0 Å². The molecule has 0 spiro atoms. The van der Waals surface area contributed by atoms with Crippen LogP contribution < -0.4 is 10.1 Å². The second-order valence-electron chi connectivity index (χ2n) is 9.06. The number of imide groups is 1. The van der Waals surface area contributed by atoms with E-state index in [1.807, 2.05) is 6.92 Å². The molecule has 1 aliphatic rings. The Balaban J connectivity index is 1.35. The summed E-state index contributed by atoms with van der Waals surface area (Å²) in [5.74, 6) is -1.89. The van der Waals surface area contributed by atoms with E-state index in [4.69, 9.17) is 32.7 Å². The molecule has 0 atom stereocenters. The van der Waals surface area contributed by atoms with Crippen LogP contribution in [-0.4, -0.2) is 41.1 Å². The molecule has 0 bridgehead atoms. The van der Waals surface area contributed by atoms with Gasteiger partial charge in [0.25, 0.3) is 11.1 Å². The highest BCUT2D eigenvalue weighted by molar-refractivity contribution is 8.18. The predicted octanol–water partition coefficient (Wildman–Crippen LogP) is 7.34. The number of halogens is 3. The number of rotatable bonds is 11. The number of hydrogen-bond donors (Lipinski definition) is 1. The first-order valence-electron chi connectivity index (χ1n) is 12.8. The molecule has 12 heteroatoms. The zero-order valence-corrected chi connectivity index (χ0v) is 24.7. The molecule has 1 saturated heterocycles. The third kappa shape index (κ3) is 7.90. The van der Waals surface area contributed by atoms with Crippen molar-refractivity contribution in [2.24, 2.45) is 0 Å². The molecule has 218 valence electrons. The number of thioether (sulfide) groups is 1. The third-order valence-corrected chi connectivity index (χ3v) is 7.59. The molecule has 1 fully saturated rings. The van der Waals surface area contributed by atoms with Gasteiger partial charge < -0.3 is 14.8 Å². The van der Waals surface area contributed by atoms with E-state index in [1.165, 1.54) is 36.4 Å². The van der Waals surface area contributed by atoms with Crippen molar-refractivity contribution < 1.29 is 33.0 Å². The maximum Gasteiger partial charge on any atom is 0.339 e. The van der Waals surface area contributed by atoms with Crippen molar-refractivity contribution in [2.45, 2.75) is 26.4 Å². The Morgan fingerprint density at radius 3 is 2.52 bits per heavy atom. The molecular weight excluding hydrogens is 606 g/mol. The van der Waals surface area contributed by atoms with Crippen molar-refractivity contribution in [3.05, 3.63) is 98.1 Å². The van der Waals surface area contributed by atoms with Gasteiger partial charge >= 0.3 is 5.97 Å². The van der Waals surface area contributed by atoms with Crippen molar-refractivity contribution in [1.82, 2.24) is 4.90 Å². The summed E-state index contributed by atoms with van der Waals surface area (Å²) in [7, 11) is 0. The number of nitrogens with zero attached hydrogens (tertiary/aromatic N) is 1. The molecule has 8 nitrogen and oxygen atoms in total. The van der Waals surface area contributed by atoms with Crippen molar-refractivity contribution >= 4 is 69.8 Å². The largest absolute Gasteiger partial charge is 0.489 e. The van der Waals surface area contributed by atoms with Gasteiger partial charge in [-0.1, -0.05) is 54.7 Å². The number of nitrogens with one attached hydrogen (secondary N) is 1. The Hall–Kier alpha value is -3.86. The fourth-order valence-electron chi connectivity index (χ4n) is 3.76. The van der Waals surface area contributed by atoms with Gasteiger partial charge in [-0.15, -0.1) is 0 Å². The van der Waals surface area contributed by atoms with Crippen LogP contribution in [0.25, 0.3) is 6.08 Å². The van der Waals surface area contributed by atoms with Crippen LogP contribution in [-0.2, 0) is 20.9 Å². The molecule has 0 unspecified atom stereocenters. The van der Waals surface area contributed by atoms with E-state index in [0.717, 1.165) is 11.3 Å². The molecule has 1 heterocycles. The first kappa shape index (κ1) is 31.1. The fourth-order valence-corrected chi connectivity index (χ4v) is 5.01. The van der Waals surface area contributed by atoms with Crippen LogP contribution in [0.5, 0.6) is 5.75 Å². The number of carbonyl (C=O) groups is 4. The zero-order chi connectivity index (χ0) is 30.2. The summed E-state index contributed by atoms with van der Waals surface area (Å²) in [5.41, 5.74) is 1.20. The fraction of sp³-hybridized carbons (Fsp3) is 0.200. The Morgan fingerprint density at radius 1 is 1.05 bits per heavy atom. The number of ether oxygens (including phenoxy) is 2. The lowest BCUT2D eigenvalue weighted by Gasteiger charge is -2.13. The number of benzene rings is 3. The predicted molar refractivity (Wildman–Crippen MR) is 160 cm³/mol. The number of hydrogen-bond acceptors (Lipinski definition) is 7. The van der Waals surface area contributed by atoms with E-state index in [0.29, 0.717) is 29.5 Å². The quantitative estimate of drug-likeness (QED) is 0.134. The monoisotopic (exact) mass is 630 g/mol. The smallest absolute Gasteiger partial charge is 0.339 e. The molecule has 0 aromatic heterocycles. The molecule has 3 aromatic carbocycles. The molecule has 1 aliphatic heterocycles. The van der Waals surface area contributed by atoms with E-state index >= 15 is 0 Å². The van der Waals surface area contributed by atoms with Crippen LogP contribution in [0.1, 0.15) is 41.3 Å². The standard InChI is InChI=1S/C30H25Cl2FN2O6S/c1-2-3-13-40-29(38)21-15-19(9-12-24(21)32)34-27(36)16-35-28(37)26(42-30(35)39)14-18-7-10-20(11-8-18)41-17-22-23(31)5-4-6-25(22)33/h4-12,14-15H,2-3,13,16-17H2,1H3,(H,34,36)/b26-14-. The van der Waals surface area contributed by atoms with Gasteiger partial charge in [0.1, 0.15) is 24.7 Å². The third-order valence-electron chi connectivity index (χ3n) is 6.00. The zero-order valence-electron chi connectivity index (χ0n) is 22.3. The van der Waals surface area contributed by atoms with Crippen LogP contribution in [0, 0.1) is 5.82 Å². The van der Waals surface area contributed by atoms with E-state index in [9.17, 15) is 23.6 Å². The van der Waals surface area contributed by atoms with Gasteiger partial charge in [-0.3, -0.25) is 19.3 Å². The molecule has 4 rings (SSSR count). The summed E-state index contributed by atoms with van der Waals surface area (Å²) in [5, 5.41) is 2.40. The van der Waals surface area contributed by atoms with Crippen molar-refractivity contribution in [2.75, 3.05) is 18.5 Å². The molecule has 0 saturated carbocycles. The Kier molecular flexibility index (Phi) is 10.6. The number of unbranched alkanes of at least 4 members (excludes halogenated alkanes) is 1. The highest BCUT2D eigenvalue weighted by atomic mass is 35.5. The highest BCUT2D eigenvalue weighted by Gasteiger charge is 2.36. The second-order valence-corrected chi connectivity index (χ2v) is 10.9. The lowest BCUT2D eigenvalue weighted by atomic mass is 10.2. The second kappa shape index (κ2) is 14.4.